The molecule has 2 N–H and O–H groups in total. The Morgan fingerprint density at radius 1 is 1.67 bits per heavy atom. The van der Waals surface area contributed by atoms with Crippen LogP contribution in [-0.2, 0) is 11.8 Å². The van der Waals surface area contributed by atoms with Gasteiger partial charge >= 0.3 is 0 Å². The van der Waals surface area contributed by atoms with Crippen LogP contribution in [0.5, 0.6) is 0 Å². The molecule has 0 radical (unpaired) electrons. The number of aromatic nitrogens is 2. The largest absolute Gasteiger partial charge is 0.380 e. The lowest BCUT2D eigenvalue weighted by Gasteiger charge is -2.04. The van der Waals surface area contributed by atoms with Gasteiger partial charge in [0.2, 0.25) is 0 Å². The highest BCUT2D eigenvalue weighted by Crippen LogP contribution is 2.11. The molecule has 0 saturated carbocycles. The highest BCUT2D eigenvalue weighted by molar-refractivity contribution is 5.51. The Hall–Kier alpha value is -1.13. The molecule has 1 heterocycles. The van der Waals surface area contributed by atoms with Crippen LogP contribution in [0, 0.1) is 0 Å². The lowest BCUT2D eigenvalue weighted by atomic mass is 10.1. The van der Waals surface area contributed by atoms with E-state index in [4.69, 9.17) is 10.5 Å². The third-order valence-corrected chi connectivity index (χ3v) is 2.13. The molecule has 0 fully saturated rings. The number of aryl methyl sites for hydroxylation is 1. The molecular formula is C11H19N3O. The van der Waals surface area contributed by atoms with Gasteiger partial charge in [-0.15, -0.1) is 0 Å². The minimum atomic E-state index is 0.662. The van der Waals surface area contributed by atoms with Crippen LogP contribution in [0.15, 0.2) is 18.0 Å². The maximum atomic E-state index is 5.49. The van der Waals surface area contributed by atoms with Crippen molar-refractivity contribution in [3.63, 3.8) is 0 Å². The van der Waals surface area contributed by atoms with E-state index in [1.54, 1.807) is 11.8 Å². The molecule has 0 spiro atoms. The predicted molar refractivity (Wildman–Crippen MR) is 61.3 cm³/mol. The van der Waals surface area contributed by atoms with Gasteiger partial charge < -0.3 is 10.5 Å². The number of ether oxygens (including phenoxy) is 1. The van der Waals surface area contributed by atoms with Gasteiger partial charge in [-0.3, -0.25) is 4.68 Å². The van der Waals surface area contributed by atoms with Crippen molar-refractivity contribution in [3.8, 4) is 0 Å². The molecule has 0 saturated heterocycles. The SMILES string of the molecule is COCC(=Cc1cnn(C)c1)CCCN. The Morgan fingerprint density at radius 2 is 2.47 bits per heavy atom. The average Bonchev–Trinajstić information content (AvgIpc) is 2.61. The van der Waals surface area contributed by atoms with Crippen molar-refractivity contribution < 1.29 is 4.74 Å². The van der Waals surface area contributed by atoms with E-state index in [-0.39, 0.29) is 0 Å². The number of rotatable bonds is 6. The summed E-state index contributed by atoms with van der Waals surface area (Å²) < 4.78 is 6.93. The van der Waals surface area contributed by atoms with E-state index in [0.717, 1.165) is 18.4 Å². The second-order valence-corrected chi connectivity index (χ2v) is 3.58. The minimum Gasteiger partial charge on any atom is -0.380 e. The smallest absolute Gasteiger partial charge is 0.0676 e. The van der Waals surface area contributed by atoms with Gasteiger partial charge in [0.15, 0.2) is 0 Å². The van der Waals surface area contributed by atoms with Crippen molar-refractivity contribution in [1.29, 1.82) is 0 Å². The first-order valence-corrected chi connectivity index (χ1v) is 5.13. The van der Waals surface area contributed by atoms with Crippen molar-refractivity contribution in [3.05, 3.63) is 23.5 Å². The van der Waals surface area contributed by atoms with Gasteiger partial charge in [0.25, 0.3) is 0 Å². The fraction of sp³-hybridized carbons (Fsp3) is 0.545. The van der Waals surface area contributed by atoms with Crippen LogP contribution in [-0.4, -0.2) is 30.0 Å². The first-order chi connectivity index (χ1) is 7.26. The molecule has 1 rings (SSSR count). The fourth-order valence-corrected chi connectivity index (χ4v) is 1.45. The highest BCUT2D eigenvalue weighted by Gasteiger charge is 1.99. The highest BCUT2D eigenvalue weighted by atomic mass is 16.5. The molecule has 1 aromatic rings. The molecule has 15 heavy (non-hydrogen) atoms. The van der Waals surface area contributed by atoms with Gasteiger partial charge in [0.05, 0.1) is 12.8 Å². The summed E-state index contributed by atoms with van der Waals surface area (Å²) in [7, 11) is 3.62. The summed E-state index contributed by atoms with van der Waals surface area (Å²) >= 11 is 0. The van der Waals surface area contributed by atoms with Crippen molar-refractivity contribution >= 4 is 6.08 Å². The summed E-state index contributed by atoms with van der Waals surface area (Å²) in [5.41, 5.74) is 7.86. The number of methoxy groups -OCH3 is 1. The van der Waals surface area contributed by atoms with Crippen LogP contribution >= 0.6 is 0 Å². The van der Waals surface area contributed by atoms with Crippen molar-refractivity contribution in [2.75, 3.05) is 20.3 Å². The van der Waals surface area contributed by atoms with Crippen molar-refractivity contribution in [1.82, 2.24) is 9.78 Å². The molecule has 0 atom stereocenters. The van der Waals surface area contributed by atoms with Crippen LogP contribution in [0.25, 0.3) is 6.08 Å². The van der Waals surface area contributed by atoms with Crippen molar-refractivity contribution in [2.24, 2.45) is 12.8 Å². The van der Waals surface area contributed by atoms with Crippen LogP contribution in [0.3, 0.4) is 0 Å². The van der Waals surface area contributed by atoms with Gasteiger partial charge in [0, 0.05) is 25.9 Å². The quantitative estimate of drug-likeness (QED) is 0.765. The number of hydrogen-bond acceptors (Lipinski definition) is 3. The Balaban J connectivity index is 2.64. The number of nitrogens with zero attached hydrogens (tertiary/aromatic N) is 2. The molecule has 0 aromatic carbocycles. The topological polar surface area (TPSA) is 53.1 Å². The second-order valence-electron chi connectivity index (χ2n) is 3.58. The standard InChI is InChI=1S/C11H19N3O/c1-14-8-11(7-13-14)6-10(9-15-2)4-3-5-12/h6-8H,3-5,9,12H2,1-2H3. The molecule has 0 aliphatic heterocycles. The molecule has 0 bridgehead atoms. The average molecular weight is 209 g/mol. The molecule has 0 amide bonds. The second kappa shape index (κ2) is 6.37. The summed E-state index contributed by atoms with van der Waals surface area (Å²) in [5.74, 6) is 0. The summed E-state index contributed by atoms with van der Waals surface area (Å²) in [4.78, 5) is 0. The molecule has 0 unspecified atom stereocenters. The third-order valence-electron chi connectivity index (χ3n) is 2.13. The van der Waals surface area contributed by atoms with E-state index in [1.165, 1.54) is 5.57 Å². The Labute approximate surface area is 90.7 Å². The van der Waals surface area contributed by atoms with Crippen LogP contribution in [0.2, 0.25) is 0 Å². The maximum Gasteiger partial charge on any atom is 0.0676 e. The molecule has 4 heteroatoms. The molecular weight excluding hydrogens is 190 g/mol. The zero-order chi connectivity index (χ0) is 11.1. The zero-order valence-corrected chi connectivity index (χ0v) is 9.44. The minimum absolute atomic E-state index is 0.662. The first kappa shape index (κ1) is 11.9. The zero-order valence-electron chi connectivity index (χ0n) is 9.44. The summed E-state index contributed by atoms with van der Waals surface area (Å²) in [5, 5.41) is 4.12. The van der Waals surface area contributed by atoms with E-state index < -0.39 is 0 Å². The summed E-state index contributed by atoms with van der Waals surface area (Å²) in [6.45, 7) is 1.38. The van der Waals surface area contributed by atoms with Crippen LogP contribution in [0.4, 0.5) is 0 Å². The lowest BCUT2D eigenvalue weighted by molar-refractivity contribution is 0.223. The van der Waals surface area contributed by atoms with Crippen LogP contribution in [0.1, 0.15) is 18.4 Å². The fourth-order valence-electron chi connectivity index (χ4n) is 1.45. The molecule has 84 valence electrons. The molecule has 0 aliphatic carbocycles. The molecule has 0 aliphatic rings. The summed E-state index contributed by atoms with van der Waals surface area (Å²) in [6.07, 6.45) is 7.93. The molecule has 4 nitrogen and oxygen atoms in total. The van der Waals surface area contributed by atoms with E-state index >= 15 is 0 Å². The van der Waals surface area contributed by atoms with Gasteiger partial charge in [-0.25, -0.2) is 0 Å². The molecule has 1 aromatic heterocycles. The Kier molecular flexibility index (Phi) is 5.07. The van der Waals surface area contributed by atoms with Gasteiger partial charge in [-0.2, -0.15) is 5.10 Å². The summed E-state index contributed by atoms with van der Waals surface area (Å²) in [6, 6.07) is 0. The van der Waals surface area contributed by atoms with Crippen molar-refractivity contribution in [2.45, 2.75) is 12.8 Å². The van der Waals surface area contributed by atoms with E-state index in [1.807, 2.05) is 19.4 Å². The normalized spacial score (nSPS) is 12.1. The third kappa shape index (κ3) is 4.27. The Morgan fingerprint density at radius 3 is 3.00 bits per heavy atom. The van der Waals surface area contributed by atoms with Crippen LogP contribution < -0.4 is 5.73 Å². The van der Waals surface area contributed by atoms with Gasteiger partial charge in [-0.05, 0) is 25.0 Å². The predicted octanol–water partition coefficient (Wildman–Crippen LogP) is 1.19. The van der Waals surface area contributed by atoms with E-state index in [2.05, 4.69) is 11.2 Å². The Bertz CT molecular complexity index is 317. The van der Waals surface area contributed by atoms with E-state index in [9.17, 15) is 0 Å². The maximum absolute atomic E-state index is 5.49. The number of hydrogen-bond donors (Lipinski definition) is 1. The lowest BCUT2D eigenvalue weighted by Crippen LogP contribution is -2.01. The van der Waals surface area contributed by atoms with Gasteiger partial charge in [0.1, 0.15) is 0 Å². The monoisotopic (exact) mass is 209 g/mol. The van der Waals surface area contributed by atoms with Gasteiger partial charge in [-0.1, -0.05) is 6.08 Å². The first-order valence-electron chi connectivity index (χ1n) is 5.13. The number of nitrogens with two attached hydrogens (primary N) is 1. The van der Waals surface area contributed by atoms with E-state index in [0.29, 0.717) is 13.2 Å².